The van der Waals surface area contributed by atoms with Gasteiger partial charge in [-0.3, -0.25) is 14.5 Å². The standard InChI is InChI=1S/C26H48BNO3S/c1-7-9-11-13-15-17-20(18-16-14-12-10-8-2)32-21-19-22(29)28(23(21)30)26(5,6)25(3,4)24(27)31/h20-21H,7-19,27H2,1-6H3. The van der Waals surface area contributed by atoms with Gasteiger partial charge in [-0.2, -0.15) is 0 Å². The van der Waals surface area contributed by atoms with E-state index in [1.54, 1.807) is 19.6 Å². The third-order valence-corrected chi connectivity index (χ3v) is 9.24. The molecule has 1 heterocycles. The van der Waals surface area contributed by atoms with Gasteiger partial charge in [-0.25, -0.2) is 0 Å². The first-order valence-electron chi connectivity index (χ1n) is 13.0. The van der Waals surface area contributed by atoms with E-state index < -0.39 is 11.0 Å². The van der Waals surface area contributed by atoms with Crippen LogP contribution in [0.25, 0.3) is 0 Å². The minimum absolute atomic E-state index is 0.00348. The first-order valence-corrected chi connectivity index (χ1v) is 14.0. The summed E-state index contributed by atoms with van der Waals surface area (Å²) in [4.78, 5) is 40.0. The van der Waals surface area contributed by atoms with Gasteiger partial charge in [0.15, 0.2) is 7.85 Å². The predicted molar refractivity (Wildman–Crippen MR) is 140 cm³/mol. The minimum Gasteiger partial charge on any atom is -0.311 e. The molecule has 32 heavy (non-hydrogen) atoms. The molecule has 0 spiro atoms. The molecule has 1 unspecified atom stereocenters. The topological polar surface area (TPSA) is 54.5 Å². The third-order valence-electron chi connectivity index (χ3n) is 7.69. The quantitative estimate of drug-likeness (QED) is 0.152. The van der Waals surface area contributed by atoms with Crippen molar-refractivity contribution >= 4 is 37.1 Å². The number of hydrogen-bond donors (Lipinski definition) is 0. The van der Waals surface area contributed by atoms with Crippen molar-refractivity contribution in [3.05, 3.63) is 0 Å². The van der Waals surface area contributed by atoms with Gasteiger partial charge < -0.3 is 4.79 Å². The van der Waals surface area contributed by atoms with Crippen LogP contribution in [0.5, 0.6) is 0 Å². The van der Waals surface area contributed by atoms with E-state index in [0.717, 1.165) is 12.8 Å². The molecule has 1 fully saturated rings. The Morgan fingerprint density at radius 2 is 1.41 bits per heavy atom. The van der Waals surface area contributed by atoms with E-state index in [4.69, 9.17) is 0 Å². The van der Waals surface area contributed by atoms with Crippen LogP contribution < -0.4 is 0 Å². The summed E-state index contributed by atoms with van der Waals surface area (Å²) in [5.41, 5.74) is -1.62. The summed E-state index contributed by atoms with van der Waals surface area (Å²) in [6, 6.07) is 0. The van der Waals surface area contributed by atoms with Crippen molar-refractivity contribution in [1.29, 1.82) is 0 Å². The second-order valence-corrected chi connectivity index (χ2v) is 12.2. The Kier molecular flexibility index (Phi) is 12.6. The van der Waals surface area contributed by atoms with E-state index in [1.807, 2.05) is 27.7 Å². The van der Waals surface area contributed by atoms with Gasteiger partial charge in [0.25, 0.3) is 0 Å². The van der Waals surface area contributed by atoms with Crippen molar-refractivity contribution in [1.82, 2.24) is 4.90 Å². The van der Waals surface area contributed by atoms with E-state index in [-0.39, 0.29) is 29.2 Å². The van der Waals surface area contributed by atoms with E-state index >= 15 is 0 Å². The third kappa shape index (κ3) is 7.92. The summed E-state index contributed by atoms with van der Waals surface area (Å²) in [7, 11) is 1.55. The van der Waals surface area contributed by atoms with Gasteiger partial charge in [0.2, 0.25) is 11.8 Å². The normalized spacial score (nSPS) is 17.6. The number of carbonyl (C=O) groups is 3. The molecule has 0 aromatic carbocycles. The molecule has 0 aliphatic carbocycles. The van der Waals surface area contributed by atoms with Crippen molar-refractivity contribution in [2.75, 3.05) is 0 Å². The monoisotopic (exact) mass is 465 g/mol. The van der Waals surface area contributed by atoms with E-state index in [9.17, 15) is 14.4 Å². The van der Waals surface area contributed by atoms with Crippen LogP contribution in [0, 0.1) is 5.41 Å². The Labute approximate surface area is 202 Å². The molecule has 1 aliphatic rings. The lowest BCUT2D eigenvalue weighted by atomic mass is 9.65. The maximum atomic E-state index is 13.4. The van der Waals surface area contributed by atoms with E-state index in [2.05, 4.69) is 13.8 Å². The summed E-state index contributed by atoms with van der Waals surface area (Å²) in [5.74, 6) is -0.224. The summed E-state index contributed by atoms with van der Waals surface area (Å²) in [6.45, 7) is 11.9. The Morgan fingerprint density at radius 3 is 1.84 bits per heavy atom. The second kappa shape index (κ2) is 13.8. The van der Waals surface area contributed by atoms with Gasteiger partial charge in [-0.15, -0.1) is 11.8 Å². The molecule has 1 saturated heterocycles. The number of hydrogen-bond acceptors (Lipinski definition) is 4. The number of carbonyl (C=O) groups excluding carboxylic acids is 3. The fourth-order valence-electron chi connectivity index (χ4n) is 4.47. The average molecular weight is 466 g/mol. The fourth-order valence-corrected chi connectivity index (χ4v) is 6.00. The van der Waals surface area contributed by atoms with Crippen LogP contribution in [0.3, 0.4) is 0 Å². The number of amides is 2. The maximum Gasteiger partial charge on any atom is 0.243 e. The van der Waals surface area contributed by atoms with Gasteiger partial charge in [0.1, 0.15) is 0 Å². The zero-order chi connectivity index (χ0) is 24.4. The van der Waals surface area contributed by atoms with Crippen LogP contribution in [-0.2, 0) is 14.4 Å². The molecule has 1 atom stereocenters. The van der Waals surface area contributed by atoms with Crippen LogP contribution in [0.1, 0.15) is 125 Å². The highest BCUT2D eigenvalue weighted by atomic mass is 32.2. The van der Waals surface area contributed by atoms with Crippen LogP contribution in [0.15, 0.2) is 0 Å². The minimum atomic E-state index is -0.835. The van der Waals surface area contributed by atoms with Crippen LogP contribution in [0.2, 0.25) is 0 Å². The predicted octanol–water partition coefficient (Wildman–Crippen LogP) is 5.90. The first kappa shape index (κ1) is 29.3. The van der Waals surface area contributed by atoms with E-state index in [1.165, 1.54) is 69.1 Å². The molecular formula is C26H48BNO3S. The number of rotatable bonds is 17. The molecule has 4 nitrogen and oxygen atoms in total. The van der Waals surface area contributed by atoms with Crippen molar-refractivity contribution in [2.45, 2.75) is 141 Å². The SMILES string of the molecule is BC(=O)C(C)(C)C(C)(C)N1C(=O)CC(SC(CCCCCCC)CCCCCCC)C1=O. The fraction of sp³-hybridized carbons (Fsp3) is 0.885. The molecule has 1 rings (SSSR count). The smallest absolute Gasteiger partial charge is 0.243 e. The lowest BCUT2D eigenvalue weighted by molar-refractivity contribution is -0.151. The molecule has 6 heteroatoms. The largest absolute Gasteiger partial charge is 0.311 e. The van der Waals surface area contributed by atoms with Crippen molar-refractivity contribution in [3.8, 4) is 0 Å². The number of thioether (sulfide) groups is 1. The van der Waals surface area contributed by atoms with Crippen LogP contribution >= 0.6 is 11.8 Å². The summed E-state index contributed by atoms with van der Waals surface area (Å²) in [5, 5.41) is 0.129. The molecule has 0 bridgehead atoms. The van der Waals surface area contributed by atoms with Crippen LogP contribution in [0.4, 0.5) is 0 Å². The lowest BCUT2D eigenvalue weighted by Gasteiger charge is -2.45. The Hall–Kier alpha value is -0.775. The van der Waals surface area contributed by atoms with Crippen molar-refractivity contribution < 1.29 is 14.4 Å². The van der Waals surface area contributed by atoms with Gasteiger partial charge in [0, 0.05) is 17.1 Å². The zero-order valence-electron chi connectivity index (χ0n) is 21.9. The molecule has 184 valence electrons. The Balaban J connectivity index is 2.81. The van der Waals surface area contributed by atoms with Crippen molar-refractivity contribution in [3.63, 3.8) is 0 Å². The molecule has 0 N–H and O–H groups in total. The van der Waals surface area contributed by atoms with Gasteiger partial charge in [0.05, 0.1) is 16.5 Å². The number of imide groups is 1. The number of nitrogens with zero attached hydrogens (tertiary/aromatic N) is 1. The number of unbranched alkanes of at least 4 members (excludes halogenated alkanes) is 8. The van der Waals surface area contributed by atoms with Gasteiger partial charge >= 0.3 is 0 Å². The summed E-state index contributed by atoms with van der Waals surface area (Å²) >= 11 is 1.73. The zero-order valence-corrected chi connectivity index (χ0v) is 22.7. The number of likely N-dealkylation sites (tertiary alicyclic amines) is 1. The van der Waals surface area contributed by atoms with E-state index in [0.29, 0.717) is 5.25 Å². The summed E-state index contributed by atoms with van der Waals surface area (Å²) in [6.07, 6.45) is 15.1. The molecule has 0 aromatic heterocycles. The van der Waals surface area contributed by atoms with Gasteiger partial charge in [-0.05, 0) is 26.7 Å². The Morgan fingerprint density at radius 1 is 0.938 bits per heavy atom. The molecule has 0 saturated carbocycles. The van der Waals surface area contributed by atoms with Crippen LogP contribution in [-0.4, -0.2) is 46.3 Å². The maximum absolute atomic E-state index is 13.4. The molecule has 0 radical (unpaired) electrons. The molecule has 2 amide bonds. The second-order valence-electron chi connectivity index (χ2n) is 10.7. The molecule has 0 aromatic rings. The molecular weight excluding hydrogens is 417 g/mol. The Bertz CT molecular complexity index is 606. The highest BCUT2D eigenvalue weighted by molar-refractivity contribution is 8.01. The summed E-state index contributed by atoms with van der Waals surface area (Å²) < 4.78 is 0. The highest BCUT2D eigenvalue weighted by Crippen LogP contribution is 2.42. The molecule has 1 aliphatic heterocycles. The lowest BCUT2D eigenvalue weighted by Crippen LogP contribution is -2.59. The van der Waals surface area contributed by atoms with Gasteiger partial charge in [-0.1, -0.05) is 91.9 Å². The van der Waals surface area contributed by atoms with Crippen molar-refractivity contribution in [2.24, 2.45) is 5.41 Å². The highest BCUT2D eigenvalue weighted by Gasteiger charge is 2.53. The first-order chi connectivity index (χ1) is 15.0. The average Bonchev–Trinajstić information content (AvgIpc) is 3.00.